The molecule has 1 aliphatic rings. The lowest BCUT2D eigenvalue weighted by atomic mass is 9.92. The number of piperidine rings is 1. The minimum Gasteiger partial charge on any atom is -0.481 e. The lowest BCUT2D eigenvalue weighted by Crippen LogP contribution is -2.46. The standard InChI is InChI=1S/C14H18ClNO3S2/c1-9-6-10(14(18)19)4-5-16(9)13(17)8-20-7-11-2-3-12(15)21-11/h2-3,9-10H,4-8H2,1H3,(H,18,19). The van der Waals surface area contributed by atoms with Gasteiger partial charge >= 0.3 is 5.97 Å². The van der Waals surface area contributed by atoms with E-state index in [-0.39, 0.29) is 17.9 Å². The van der Waals surface area contributed by atoms with Crippen LogP contribution in [0.15, 0.2) is 12.1 Å². The molecule has 2 unspecified atom stereocenters. The number of carbonyl (C=O) groups is 2. The van der Waals surface area contributed by atoms with Crippen molar-refractivity contribution in [1.82, 2.24) is 4.90 Å². The first-order valence-corrected chi connectivity index (χ1v) is 9.16. The van der Waals surface area contributed by atoms with Crippen molar-refractivity contribution in [2.24, 2.45) is 5.92 Å². The molecule has 1 aromatic heterocycles. The van der Waals surface area contributed by atoms with Crippen LogP contribution < -0.4 is 0 Å². The van der Waals surface area contributed by atoms with Crippen LogP contribution in [0.2, 0.25) is 4.34 Å². The molecule has 7 heteroatoms. The number of likely N-dealkylation sites (tertiary alicyclic amines) is 1. The summed E-state index contributed by atoms with van der Waals surface area (Å²) in [5.74, 6) is 0.239. The minimum atomic E-state index is -0.752. The van der Waals surface area contributed by atoms with Crippen molar-refractivity contribution >= 4 is 46.6 Å². The summed E-state index contributed by atoms with van der Waals surface area (Å²) in [4.78, 5) is 26.2. The Morgan fingerprint density at radius 1 is 1.52 bits per heavy atom. The van der Waals surface area contributed by atoms with Crippen LogP contribution in [0.4, 0.5) is 0 Å². The number of amides is 1. The first kappa shape index (κ1) is 16.6. The lowest BCUT2D eigenvalue weighted by Gasteiger charge is -2.36. The zero-order chi connectivity index (χ0) is 15.4. The Bertz CT molecular complexity index is 520. The quantitative estimate of drug-likeness (QED) is 0.887. The Labute approximate surface area is 137 Å². The number of halogens is 1. The van der Waals surface area contributed by atoms with Crippen LogP contribution in [0.1, 0.15) is 24.6 Å². The predicted molar refractivity (Wildman–Crippen MR) is 87.0 cm³/mol. The number of nitrogens with zero attached hydrogens (tertiary/aromatic N) is 1. The zero-order valence-electron chi connectivity index (χ0n) is 11.8. The van der Waals surface area contributed by atoms with Gasteiger partial charge in [0, 0.05) is 23.2 Å². The summed E-state index contributed by atoms with van der Waals surface area (Å²) >= 11 is 8.98. The molecule has 0 radical (unpaired) electrons. The third-order valence-electron chi connectivity index (χ3n) is 3.64. The molecule has 1 fully saturated rings. The smallest absolute Gasteiger partial charge is 0.306 e. The molecule has 1 aliphatic heterocycles. The summed E-state index contributed by atoms with van der Waals surface area (Å²) in [5.41, 5.74) is 0. The molecule has 2 atom stereocenters. The Hall–Kier alpha value is -0.720. The SMILES string of the molecule is CC1CC(C(=O)O)CCN1C(=O)CSCc1ccc(Cl)s1. The van der Waals surface area contributed by atoms with E-state index in [9.17, 15) is 9.59 Å². The minimum absolute atomic E-state index is 0.00383. The maximum atomic E-state index is 12.2. The number of thiophene rings is 1. The first-order valence-electron chi connectivity index (χ1n) is 6.81. The van der Waals surface area contributed by atoms with Crippen LogP contribution in [0.25, 0.3) is 0 Å². The fraction of sp³-hybridized carbons (Fsp3) is 0.571. The van der Waals surface area contributed by atoms with Crippen molar-refractivity contribution in [3.63, 3.8) is 0 Å². The molecule has 0 bridgehead atoms. The van der Waals surface area contributed by atoms with Gasteiger partial charge in [0.25, 0.3) is 0 Å². The number of carbonyl (C=O) groups excluding carboxylic acids is 1. The van der Waals surface area contributed by atoms with E-state index in [1.54, 1.807) is 11.8 Å². The number of hydrogen-bond donors (Lipinski definition) is 1. The Balaban J connectivity index is 1.77. The van der Waals surface area contributed by atoms with E-state index in [0.29, 0.717) is 25.1 Å². The highest BCUT2D eigenvalue weighted by atomic mass is 35.5. The molecular weight excluding hydrogens is 330 g/mol. The van der Waals surface area contributed by atoms with Crippen molar-refractivity contribution in [2.45, 2.75) is 31.6 Å². The van der Waals surface area contributed by atoms with Gasteiger partial charge < -0.3 is 10.0 Å². The fourth-order valence-corrected chi connectivity index (χ4v) is 4.63. The first-order chi connectivity index (χ1) is 9.97. The topological polar surface area (TPSA) is 57.6 Å². The molecule has 116 valence electrons. The van der Waals surface area contributed by atoms with E-state index >= 15 is 0 Å². The molecule has 2 heterocycles. The van der Waals surface area contributed by atoms with Crippen LogP contribution in [-0.2, 0) is 15.3 Å². The average Bonchev–Trinajstić information content (AvgIpc) is 2.84. The number of rotatable bonds is 5. The van der Waals surface area contributed by atoms with Crippen molar-refractivity contribution in [3.8, 4) is 0 Å². The largest absolute Gasteiger partial charge is 0.481 e. The molecule has 4 nitrogen and oxygen atoms in total. The molecule has 0 spiro atoms. The second-order valence-electron chi connectivity index (χ2n) is 5.19. The molecule has 1 saturated heterocycles. The molecule has 1 amide bonds. The second-order valence-corrected chi connectivity index (χ2v) is 7.98. The monoisotopic (exact) mass is 347 g/mol. The highest BCUT2D eigenvalue weighted by Crippen LogP contribution is 2.27. The second kappa shape index (κ2) is 7.51. The third kappa shape index (κ3) is 4.63. The van der Waals surface area contributed by atoms with E-state index in [2.05, 4.69) is 0 Å². The van der Waals surface area contributed by atoms with Gasteiger partial charge in [-0.2, -0.15) is 0 Å². The number of hydrogen-bond acceptors (Lipinski definition) is 4. The van der Waals surface area contributed by atoms with Crippen LogP contribution in [0.5, 0.6) is 0 Å². The summed E-state index contributed by atoms with van der Waals surface area (Å²) in [6.07, 6.45) is 1.10. The van der Waals surface area contributed by atoms with Crippen LogP contribution in [-0.4, -0.2) is 40.2 Å². The zero-order valence-corrected chi connectivity index (χ0v) is 14.1. The molecule has 2 rings (SSSR count). The molecule has 1 N–H and O–H groups in total. The van der Waals surface area contributed by atoms with Gasteiger partial charge in [-0.3, -0.25) is 9.59 Å². The van der Waals surface area contributed by atoms with Gasteiger partial charge in [-0.1, -0.05) is 11.6 Å². The highest BCUT2D eigenvalue weighted by Gasteiger charge is 2.31. The maximum Gasteiger partial charge on any atom is 0.306 e. The number of aliphatic carboxylic acids is 1. The van der Waals surface area contributed by atoms with Crippen LogP contribution >= 0.6 is 34.7 Å². The van der Waals surface area contributed by atoms with Gasteiger partial charge in [-0.15, -0.1) is 23.1 Å². The van der Waals surface area contributed by atoms with E-state index in [0.717, 1.165) is 15.0 Å². The Kier molecular flexibility index (Phi) is 5.96. The molecule has 1 aromatic rings. The molecule has 0 aromatic carbocycles. The van der Waals surface area contributed by atoms with Gasteiger partial charge in [0.2, 0.25) is 5.91 Å². The van der Waals surface area contributed by atoms with Crippen molar-refractivity contribution in [1.29, 1.82) is 0 Å². The lowest BCUT2D eigenvalue weighted by molar-refractivity contribution is -0.146. The summed E-state index contributed by atoms with van der Waals surface area (Å²) in [7, 11) is 0. The highest BCUT2D eigenvalue weighted by molar-refractivity contribution is 7.99. The van der Waals surface area contributed by atoms with Crippen LogP contribution in [0, 0.1) is 5.92 Å². The van der Waals surface area contributed by atoms with Gasteiger partial charge in [0.05, 0.1) is 16.0 Å². The van der Waals surface area contributed by atoms with E-state index in [1.807, 2.05) is 24.0 Å². The van der Waals surface area contributed by atoms with Crippen molar-refractivity contribution in [3.05, 3.63) is 21.3 Å². The Morgan fingerprint density at radius 2 is 2.29 bits per heavy atom. The van der Waals surface area contributed by atoms with Gasteiger partial charge in [0.1, 0.15) is 0 Å². The van der Waals surface area contributed by atoms with E-state index < -0.39 is 5.97 Å². The van der Waals surface area contributed by atoms with Crippen molar-refractivity contribution < 1.29 is 14.7 Å². The van der Waals surface area contributed by atoms with Gasteiger partial charge in [-0.25, -0.2) is 0 Å². The molecule has 21 heavy (non-hydrogen) atoms. The van der Waals surface area contributed by atoms with Gasteiger partial charge in [0.15, 0.2) is 0 Å². The third-order valence-corrected chi connectivity index (χ3v) is 6.02. The number of carboxylic acid groups (broad SMARTS) is 1. The van der Waals surface area contributed by atoms with E-state index in [1.165, 1.54) is 11.3 Å². The maximum absolute atomic E-state index is 12.2. The van der Waals surface area contributed by atoms with Crippen LogP contribution in [0.3, 0.4) is 0 Å². The molecule has 0 saturated carbocycles. The summed E-state index contributed by atoms with van der Waals surface area (Å²) in [6, 6.07) is 3.85. The fourth-order valence-electron chi connectivity index (χ4n) is 2.52. The summed E-state index contributed by atoms with van der Waals surface area (Å²) in [6.45, 7) is 2.47. The normalized spacial score (nSPS) is 22.3. The Morgan fingerprint density at radius 3 is 2.86 bits per heavy atom. The van der Waals surface area contributed by atoms with E-state index in [4.69, 9.17) is 16.7 Å². The van der Waals surface area contributed by atoms with Crippen molar-refractivity contribution in [2.75, 3.05) is 12.3 Å². The number of thioether (sulfide) groups is 1. The average molecular weight is 348 g/mol. The number of carboxylic acids is 1. The van der Waals surface area contributed by atoms with Gasteiger partial charge in [-0.05, 0) is 31.9 Å². The summed E-state index contributed by atoms with van der Waals surface area (Å²) < 4.78 is 0.765. The molecule has 0 aliphatic carbocycles. The molecular formula is C14H18ClNO3S2. The predicted octanol–water partition coefficient (Wildman–Crippen LogP) is 3.35. The summed E-state index contributed by atoms with van der Waals surface area (Å²) in [5, 5.41) is 9.03.